The Hall–Kier alpha value is -1.79. The van der Waals surface area contributed by atoms with Gasteiger partial charge in [0.2, 0.25) is 0 Å². The molecule has 2 rings (SSSR count). The second kappa shape index (κ2) is 5.46. The second-order valence-electron chi connectivity index (χ2n) is 4.07. The predicted octanol–water partition coefficient (Wildman–Crippen LogP) is 2.11. The molecule has 0 unspecified atom stereocenters. The molecule has 1 amide bonds. The van der Waals surface area contributed by atoms with Gasteiger partial charge >= 0.3 is 0 Å². The molecular weight excluding hydrogens is 284 g/mol. The number of hydrogen-bond acceptors (Lipinski definition) is 5. The molecule has 7 heteroatoms. The van der Waals surface area contributed by atoms with Crippen LogP contribution in [0, 0.1) is 0 Å². The molecule has 100 valence electrons. The first-order valence-corrected chi connectivity index (χ1v) is 6.67. The van der Waals surface area contributed by atoms with Crippen molar-refractivity contribution in [3.63, 3.8) is 0 Å². The molecule has 0 atom stereocenters. The number of halogens is 1. The summed E-state index contributed by atoms with van der Waals surface area (Å²) < 4.78 is 0.726. The van der Waals surface area contributed by atoms with Crippen molar-refractivity contribution < 1.29 is 4.79 Å². The molecule has 0 aliphatic rings. The van der Waals surface area contributed by atoms with Gasteiger partial charge in [-0.3, -0.25) is 4.79 Å². The Bertz CT molecular complexity index is 614. The largest absolute Gasteiger partial charge is 0.397 e. The van der Waals surface area contributed by atoms with Crippen LogP contribution < -0.4 is 16.4 Å². The summed E-state index contributed by atoms with van der Waals surface area (Å²) in [5, 5.41) is 0. The van der Waals surface area contributed by atoms with Gasteiger partial charge in [-0.15, -0.1) is 11.3 Å². The van der Waals surface area contributed by atoms with Crippen molar-refractivity contribution in [1.82, 2.24) is 4.98 Å². The average Bonchev–Trinajstić information content (AvgIpc) is 2.74. The molecule has 2 aromatic rings. The number of anilines is 2. The number of carbonyl (C=O) groups excluding carboxylic acids is 1. The quantitative estimate of drug-likeness (QED) is 0.905. The van der Waals surface area contributed by atoms with Crippen molar-refractivity contribution in [3.05, 3.63) is 39.2 Å². The van der Waals surface area contributed by atoms with E-state index in [1.165, 1.54) is 23.6 Å². The third kappa shape index (κ3) is 3.15. The number of aromatic nitrogens is 1. The fourth-order valence-corrected chi connectivity index (χ4v) is 2.85. The van der Waals surface area contributed by atoms with Crippen LogP contribution >= 0.6 is 22.9 Å². The van der Waals surface area contributed by atoms with Crippen LogP contribution in [-0.2, 0) is 6.54 Å². The molecule has 0 fully saturated rings. The van der Waals surface area contributed by atoms with Gasteiger partial charge in [0.25, 0.3) is 5.91 Å². The van der Waals surface area contributed by atoms with E-state index in [1.807, 2.05) is 24.1 Å². The van der Waals surface area contributed by atoms with Gasteiger partial charge in [-0.2, -0.15) is 0 Å². The van der Waals surface area contributed by atoms with Crippen molar-refractivity contribution in [2.75, 3.05) is 17.7 Å². The predicted molar refractivity (Wildman–Crippen MR) is 78.6 cm³/mol. The lowest BCUT2D eigenvalue weighted by Crippen LogP contribution is -2.23. The molecule has 0 spiro atoms. The van der Waals surface area contributed by atoms with E-state index in [0.29, 0.717) is 23.6 Å². The average molecular weight is 297 g/mol. The summed E-state index contributed by atoms with van der Waals surface area (Å²) in [5.74, 6) is -0.0444. The molecule has 5 nitrogen and oxygen atoms in total. The molecule has 0 aliphatic heterocycles. The van der Waals surface area contributed by atoms with E-state index in [4.69, 9.17) is 23.1 Å². The van der Waals surface area contributed by atoms with Crippen LogP contribution in [0.2, 0.25) is 4.34 Å². The number of pyridine rings is 1. The second-order valence-corrected chi connectivity index (χ2v) is 5.87. The van der Waals surface area contributed by atoms with Gasteiger partial charge in [-0.25, -0.2) is 4.98 Å². The SMILES string of the molecule is CN(Cc1ccc(Cl)s1)c1ncc(N)cc1C(N)=O. The van der Waals surface area contributed by atoms with Crippen LogP contribution in [-0.4, -0.2) is 17.9 Å². The van der Waals surface area contributed by atoms with Crippen molar-refractivity contribution in [2.24, 2.45) is 5.73 Å². The number of thiophene rings is 1. The number of nitrogen functional groups attached to an aromatic ring is 1. The summed E-state index contributed by atoms with van der Waals surface area (Å²) in [6.07, 6.45) is 1.50. The highest BCUT2D eigenvalue weighted by molar-refractivity contribution is 7.16. The first kappa shape index (κ1) is 13.6. The highest BCUT2D eigenvalue weighted by Gasteiger charge is 2.15. The molecule has 0 saturated carbocycles. The number of nitrogens with zero attached hydrogens (tertiary/aromatic N) is 2. The Labute approximate surface area is 119 Å². The monoisotopic (exact) mass is 296 g/mol. The molecule has 4 N–H and O–H groups in total. The Morgan fingerprint density at radius 2 is 2.26 bits per heavy atom. The summed E-state index contributed by atoms with van der Waals surface area (Å²) >= 11 is 7.37. The molecular formula is C12H13ClN4OS. The maximum absolute atomic E-state index is 11.4. The van der Waals surface area contributed by atoms with E-state index >= 15 is 0 Å². The summed E-state index contributed by atoms with van der Waals surface area (Å²) in [7, 11) is 1.83. The van der Waals surface area contributed by atoms with E-state index < -0.39 is 5.91 Å². The van der Waals surface area contributed by atoms with Crippen LogP contribution in [0.15, 0.2) is 24.4 Å². The first-order chi connectivity index (χ1) is 8.97. The van der Waals surface area contributed by atoms with Gasteiger partial charge in [-0.05, 0) is 18.2 Å². The summed E-state index contributed by atoms with van der Waals surface area (Å²) in [5.41, 5.74) is 11.7. The zero-order chi connectivity index (χ0) is 14.0. The molecule has 0 aliphatic carbocycles. The van der Waals surface area contributed by atoms with Crippen molar-refractivity contribution in [2.45, 2.75) is 6.54 Å². The maximum atomic E-state index is 11.4. The van der Waals surface area contributed by atoms with E-state index in [9.17, 15) is 4.79 Å². The maximum Gasteiger partial charge on any atom is 0.252 e. The van der Waals surface area contributed by atoms with E-state index in [2.05, 4.69) is 4.98 Å². The fraction of sp³-hybridized carbons (Fsp3) is 0.167. The number of amides is 1. The van der Waals surface area contributed by atoms with Crippen LogP contribution in [0.3, 0.4) is 0 Å². The summed E-state index contributed by atoms with van der Waals surface area (Å²) in [4.78, 5) is 18.5. The topological polar surface area (TPSA) is 85.2 Å². The van der Waals surface area contributed by atoms with Crippen molar-refractivity contribution >= 4 is 40.4 Å². The minimum Gasteiger partial charge on any atom is -0.397 e. The highest BCUT2D eigenvalue weighted by Crippen LogP contribution is 2.25. The van der Waals surface area contributed by atoms with Crippen LogP contribution in [0.5, 0.6) is 0 Å². The first-order valence-electron chi connectivity index (χ1n) is 5.48. The molecule has 0 aromatic carbocycles. The third-order valence-electron chi connectivity index (χ3n) is 2.54. The summed E-state index contributed by atoms with van der Waals surface area (Å²) in [6.45, 7) is 0.592. The standard InChI is InChI=1S/C12H13ClN4OS/c1-17(6-8-2-3-10(13)19-8)12-9(11(15)18)4-7(14)5-16-12/h2-5H,6,14H2,1H3,(H2,15,18). The number of nitrogens with two attached hydrogens (primary N) is 2. The van der Waals surface area contributed by atoms with Crippen molar-refractivity contribution in [3.8, 4) is 0 Å². The third-order valence-corrected chi connectivity index (χ3v) is 3.75. The molecule has 0 bridgehead atoms. The zero-order valence-electron chi connectivity index (χ0n) is 10.3. The van der Waals surface area contributed by atoms with E-state index in [-0.39, 0.29) is 0 Å². The van der Waals surface area contributed by atoms with Gasteiger partial charge in [-0.1, -0.05) is 11.6 Å². The molecule has 2 aromatic heterocycles. The number of rotatable bonds is 4. The van der Waals surface area contributed by atoms with Crippen LogP contribution in [0.1, 0.15) is 15.2 Å². The van der Waals surface area contributed by atoms with Crippen molar-refractivity contribution in [1.29, 1.82) is 0 Å². The van der Waals surface area contributed by atoms with E-state index in [1.54, 1.807) is 0 Å². The Morgan fingerprint density at radius 1 is 1.53 bits per heavy atom. The van der Waals surface area contributed by atoms with E-state index in [0.717, 1.165) is 9.21 Å². The minimum atomic E-state index is -0.550. The Morgan fingerprint density at radius 3 is 2.84 bits per heavy atom. The lowest BCUT2D eigenvalue weighted by atomic mass is 10.2. The Balaban J connectivity index is 2.28. The number of hydrogen-bond donors (Lipinski definition) is 2. The zero-order valence-corrected chi connectivity index (χ0v) is 11.8. The number of primary amides is 1. The van der Waals surface area contributed by atoms with Gasteiger partial charge in [0.15, 0.2) is 0 Å². The summed E-state index contributed by atoms with van der Waals surface area (Å²) in [6, 6.07) is 5.30. The highest BCUT2D eigenvalue weighted by atomic mass is 35.5. The van der Waals surface area contributed by atoms with Gasteiger partial charge < -0.3 is 16.4 Å². The lowest BCUT2D eigenvalue weighted by molar-refractivity contribution is 0.100. The molecule has 0 saturated heterocycles. The normalized spacial score (nSPS) is 10.4. The van der Waals surface area contributed by atoms with Crippen LogP contribution in [0.25, 0.3) is 0 Å². The molecule has 2 heterocycles. The van der Waals surface area contributed by atoms with Gasteiger partial charge in [0.1, 0.15) is 5.82 Å². The molecule has 0 radical (unpaired) electrons. The number of carbonyl (C=O) groups is 1. The minimum absolute atomic E-state index is 0.310. The van der Waals surface area contributed by atoms with Gasteiger partial charge in [0, 0.05) is 11.9 Å². The molecule has 19 heavy (non-hydrogen) atoms. The van der Waals surface area contributed by atoms with Crippen LogP contribution in [0.4, 0.5) is 11.5 Å². The lowest BCUT2D eigenvalue weighted by Gasteiger charge is -2.19. The fourth-order valence-electron chi connectivity index (χ4n) is 1.70. The van der Waals surface area contributed by atoms with Gasteiger partial charge in [0.05, 0.1) is 28.3 Å². The Kier molecular flexibility index (Phi) is 3.92. The smallest absolute Gasteiger partial charge is 0.252 e.